The summed E-state index contributed by atoms with van der Waals surface area (Å²) in [6.45, 7) is 3.14. The SMILES string of the molecule is Cc1ccc(I)c(C(=O)N2CCCC[C@H]2Cn2cc(-c3ccc(F)cn3)nn2)n1. The third kappa shape index (κ3) is 4.44. The Labute approximate surface area is 181 Å². The number of rotatable bonds is 4. The molecule has 0 unspecified atom stereocenters. The Bertz CT molecular complexity index is 1020. The fraction of sp³-hybridized carbons (Fsp3) is 0.350. The zero-order valence-corrected chi connectivity index (χ0v) is 18.1. The number of halogens is 2. The summed E-state index contributed by atoms with van der Waals surface area (Å²) in [4.78, 5) is 23.6. The van der Waals surface area contributed by atoms with E-state index >= 15 is 0 Å². The molecule has 1 atom stereocenters. The Hall–Kier alpha value is -2.43. The van der Waals surface area contributed by atoms with Gasteiger partial charge in [0.25, 0.3) is 5.91 Å². The minimum atomic E-state index is -0.392. The van der Waals surface area contributed by atoms with Crippen LogP contribution in [0, 0.1) is 16.3 Å². The number of carbonyl (C=O) groups is 1. The smallest absolute Gasteiger partial charge is 0.273 e. The number of nitrogens with zero attached hydrogens (tertiary/aromatic N) is 6. The van der Waals surface area contributed by atoms with Crippen molar-refractivity contribution in [3.8, 4) is 11.4 Å². The summed E-state index contributed by atoms with van der Waals surface area (Å²) in [6, 6.07) is 6.77. The van der Waals surface area contributed by atoms with Gasteiger partial charge in [-0.3, -0.25) is 9.78 Å². The minimum absolute atomic E-state index is 0.0186. The lowest BCUT2D eigenvalue weighted by atomic mass is 10.0. The van der Waals surface area contributed by atoms with Crippen LogP contribution in [0.3, 0.4) is 0 Å². The molecule has 0 radical (unpaired) electrons. The third-order valence-electron chi connectivity index (χ3n) is 5.00. The van der Waals surface area contributed by atoms with Gasteiger partial charge in [0.05, 0.1) is 30.7 Å². The van der Waals surface area contributed by atoms with Crippen molar-refractivity contribution in [2.75, 3.05) is 6.54 Å². The summed E-state index contributed by atoms with van der Waals surface area (Å²) in [5.74, 6) is -0.430. The van der Waals surface area contributed by atoms with E-state index in [1.807, 2.05) is 24.0 Å². The summed E-state index contributed by atoms with van der Waals surface area (Å²) in [6.07, 6.45) is 5.89. The molecule has 9 heteroatoms. The average molecular weight is 506 g/mol. The molecule has 0 bridgehead atoms. The predicted molar refractivity (Wildman–Crippen MR) is 114 cm³/mol. The number of pyridine rings is 2. The van der Waals surface area contributed by atoms with Crippen molar-refractivity contribution in [1.29, 1.82) is 0 Å². The van der Waals surface area contributed by atoms with Crippen LogP contribution in [0.4, 0.5) is 4.39 Å². The molecule has 3 aromatic heterocycles. The van der Waals surface area contributed by atoms with Crippen molar-refractivity contribution in [2.45, 2.75) is 38.8 Å². The van der Waals surface area contributed by atoms with E-state index < -0.39 is 5.82 Å². The first-order valence-electron chi connectivity index (χ1n) is 9.47. The Balaban J connectivity index is 1.53. The van der Waals surface area contributed by atoms with Crippen molar-refractivity contribution in [2.24, 2.45) is 0 Å². The van der Waals surface area contributed by atoms with Gasteiger partial charge in [0, 0.05) is 15.8 Å². The number of hydrogen-bond donors (Lipinski definition) is 0. The van der Waals surface area contributed by atoms with Gasteiger partial charge in [-0.25, -0.2) is 14.1 Å². The van der Waals surface area contributed by atoms with Crippen molar-refractivity contribution in [3.63, 3.8) is 0 Å². The number of aromatic nitrogens is 5. The molecule has 4 heterocycles. The molecular formula is C20H20FIN6O. The van der Waals surface area contributed by atoms with Gasteiger partial charge in [-0.05, 0) is 73.0 Å². The first-order chi connectivity index (χ1) is 14.0. The van der Waals surface area contributed by atoms with Crippen LogP contribution >= 0.6 is 22.6 Å². The van der Waals surface area contributed by atoms with Crippen LogP contribution in [-0.2, 0) is 6.54 Å². The van der Waals surface area contributed by atoms with E-state index in [9.17, 15) is 9.18 Å². The molecule has 1 aliphatic rings. The van der Waals surface area contributed by atoms with E-state index in [4.69, 9.17) is 0 Å². The fourth-order valence-corrected chi connectivity index (χ4v) is 4.06. The van der Waals surface area contributed by atoms with Crippen LogP contribution in [0.25, 0.3) is 11.4 Å². The maximum Gasteiger partial charge on any atom is 0.273 e. The normalized spacial score (nSPS) is 16.8. The Morgan fingerprint density at radius 3 is 2.90 bits per heavy atom. The lowest BCUT2D eigenvalue weighted by Gasteiger charge is -2.35. The fourth-order valence-electron chi connectivity index (χ4n) is 3.53. The molecule has 150 valence electrons. The lowest BCUT2D eigenvalue weighted by Crippen LogP contribution is -2.46. The topological polar surface area (TPSA) is 76.8 Å². The highest BCUT2D eigenvalue weighted by atomic mass is 127. The molecule has 0 saturated carbocycles. The van der Waals surface area contributed by atoms with E-state index in [0.29, 0.717) is 30.2 Å². The molecule has 0 N–H and O–H groups in total. The molecule has 3 aromatic rings. The summed E-state index contributed by atoms with van der Waals surface area (Å²) < 4.78 is 15.7. The highest BCUT2D eigenvalue weighted by Crippen LogP contribution is 2.23. The van der Waals surface area contributed by atoms with Gasteiger partial charge in [0.15, 0.2) is 0 Å². The highest BCUT2D eigenvalue weighted by Gasteiger charge is 2.30. The van der Waals surface area contributed by atoms with Gasteiger partial charge in [0.1, 0.15) is 17.2 Å². The molecule has 0 aromatic carbocycles. The Morgan fingerprint density at radius 2 is 2.10 bits per heavy atom. The van der Waals surface area contributed by atoms with Crippen LogP contribution in [0.2, 0.25) is 0 Å². The maximum absolute atomic E-state index is 13.2. The molecule has 1 fully saturated rings. The number of piperidine rings is 1. The molecule has 0 aliphatic carbocycles. The van der Waals surface area contributed by atoms with Crippen molar-refractivity contribution in [3.05, 3.63) is 57.4 Å². The van der Waals surface area contributed by atoms with Crippen molar-refractivity contribution >= 4 is 28.5 Å². The van der Waals surface area contributed by atoms with Crippen LogP contribution in [0.1, 0.15) is 35.4 Å². The van der Waals surface area contributed by atoms with E-state index in [-0.39, 0.29) is 11.9 Å². The van der Waals surface area contributed by atoms with Crippen LogP contribution in [0.5, 0.6) is 0 Å². The molecule has 1 amide bonds. The molecular weight excluding hydrogens is 486 g/mol. The molecule has 1 aliphatic heterocycles. The van der Waals surface area contributed by atoms with Gasteiger partial charge < -0.3 is 4.90 Å². The zero-order valence-electron chi connectivity index (χ0n) is 15.9. The van der Waals surface area contributed by atoms with Gasteiger partial charge >= 0.3 is 0 Å². The second kappa shape index (κ2) is 8.52. The van der Waals surface area contributed by atoms with Gasteiger partial charge in [0.2, 0.25) is 0 Å². The molecule has 7 nitrogen and oxygen atoms in total. The van der Waals surface area contributed by atoms with Crippen LogP contribution in [0.15, 0.2) is 36.7 Å². The first kappa shape index (κ1) is 19.9. The van der Waals surface area contributed by atoms with Gasteiger partial charge in [-0.2, -0.15) is 0 Å². The number of amides is 1. The highest BCUT2D eigenvalue weighted by molar-refractivity contribution is 14.1. The second-order valence-corrected chi connectivity index (χ2v) is 8.28. The Kier molecular flexibility index (Phi) is 5.84. The zero-order chi connectivity index (χ0) is 20.4. The largest absolute Gasteiger partial charge is 0.332 e. The van der Waals surface area contributed by atoms with Crippen molar-refractivity contribution in [1.82, 2.24) is 29.9 Å². The molecule has 29 heavy (non-hydrogen) atoms. The molecule has 4 rings (SSSR count). The monoisotopic (exact) mass is 506 g/mol. The average Bonchev–Trinajstić information content (AvgIpc) is 3.19. The summed E-state index contributed by atoms with van der Waals surface area (Å²) >= 11 is 2.16. The van der Waals surface area contributed by atoms with E-state index in [0.717, 1.165) is 34.7 Å². The minimum Gasteiger partial charge on any atom is -0.332 e. The molecule has 1 saturated heterocycles. The third-order valence-corrected chi connectivity index (χ3v) is 5.87. The maximum atomic E-state index is 13.2. The number of carbonyl (C=O) groups excluding carboxylic acids is 1. The van der Waals surface area contributed by atoms with E-state index in [1.165, 1.54) is 6.07 Å². The van der Waals surface area contributed by atoms with Gasteiger partial charge in [-0.15, -0.1) is 5.10 Å². The Morgan fingerprint density at radius 1 is 1.24 bits per heavy atom. The summed E-state index contributed by atoms with van der Waals surface area (Å²) in [7, 11) is 0. The summed E-state index contributed by atoms with van der Waals surface area (Å²) in [5, 5.41) is 8.33. The summed E-state index contributed by atoms with van der Waals surface area (Å²) in [5.41, 5.74) is 2.48. The first-order valence-corrected chi connectivity index (χ1v) is 10.6. The van der Waals surface area contributed by atoms with Crippen LogP contribution < -0.4 is 0 Å². The quantitative estimate of drug-likeness (QED) is 0.507. The number of hydrogen-bond acceptors (Lipinski definition) is 5. The van der Waals surface area contributed by atoms with E-state index in [2.05, 4.69) is 42.9 Å². The predicted octanol–water partition coefficient (Wildman–Crippen LogP) is 3.48. The standard InChI is InChI=1S/C20H20FIN6O/c1-13-5-7-16(22)19(24-13)20(29)28-9-3-2-4-15(28)11-27-12-18(25-26-27)17-8-6-14(21)10-23-17/h5-8,10,12,15H,2-4,9,11H2,1H3/t15-/m0/s1. The molecule has 0 spiro atoms. The second-order valence-electron chi connectivity index (χ2n) is 7.12. The van der Waals surface area contributed by atoms with Gasteiger partial charge in [-0.1, -0.05) is 5.21 Å². The number of likely N-dealkylation sites (tertiary alicyclic amines) is 1. The number of aryl methyl sites for hydroxylation is 1. The van der Waals surface area contributed by atoms with Crippen LogP contribution in [-0.4, -0.2) is 48.4 Å². The lowest BCUT2D eigenvalue weighted by molar-refractivity contribution is 0.0575. The van der Waals surface area contributed by atoms with Crippen molar-refractivity contribution < 1.29 is 9.18 Å². The van der Waals surface area contributed by atoms with E-state index in [1.54, 1.807) is 16.9 Å².